The van der Waals surface area contributed by atoms with E-state index in [1.54, 1.807) is 19.2 Å². The lowest BCUT2D eigenvalue weighted by atomic mass is 10.3. The van der Waals surface area contributed by atoms with E-state index in [0.29, 0.717) is 17.2 Å². The number of hydrogen-bond acceptors (Lipinski definition) is 6. The predicted molar refractivity (Wildman–Crippen MR) is 100 cm³/mol. The van der Waals surface area contributed by atoms with Crippen molar-refractivity contribution >= 4 is 17.5 Å². The van der Waals surface area contributed by atoms with Crippen LogP contribution in [0.15, 0.2) is 24.3 Å². The van der Waals surface area contributed by atoms with Gasteiger partial charge in [0.25, 0.3) is 5.91 Å². The van der Waals surface area contributed by atoms with Crippen molar-refractivity contribution in [2.75, 3.05) is 37.0 Å². The lowest BCUT2D eigenvalue weighted by Crippen LogP contribution is -2.24. The minimum Gasteiger partial charge on any atom is -0.497 e. The number of hydrogen-bond donors (Lipinski definition) is 1. The van der Waals surface area contributed by atoms with Crippen LogP contribution in [0.3, 0.4) is 0 Å². The van der Waals surface area contributed by atoms with Crippen molar-refractivity contribution in [3.8, 4) is 11.5 Å². The number of anilines is 2. The Morgan fingerprint density at radius 1 is 1.15 bits per heavy atom. The van der Waals surface area contributed by atoms with Crippen LogP contribution in [0.25, 0.3) is 0 Å². The molecule has 0 radical (unpaired) electrons. The van der Waals surface area contributed by atoms with Gasteiger partial charge in [-0.1, -0.05) is 6.07 Å². The topological polar surface area (TPSA) is 76.6 Å². The molecule has 0 saturated carbocycles. The summed E-state index contributed by atoms with van der Waals surface area (Å²) in [5.41, 5.74) is 2.16. The largest absolute Gasteiger partial charge is 0.497 e. The highest BCUT2D eigenvalue weighted by molar-refractivity contribution is 5.93. The van der Waals surface area contributed by atoms with E-state index in [1.807, 2.05) is 26.0 Å². The molecule has 1 aromatic carbocycles. The van der Waals surface area contributed by atoms with Gasteiger partial charge < -0.3 is 19.7 Å². The third-order valence-electron chi connectivity index (χ3n) is 4.32. The van der Waals surface area contributed by atoms with Gasteiger partial charge in [0.2, 0.25) is 5.95 Å². The van der Waals surface area contributed by atoms with Crippen molar-refractivity contribution in [2.24, 2.45) is 0 Å². The summed E-state index contributed by atoms with van der Waals surface area (Å²) in [6, 6.07) is 7.14. The molecule has 1 amide bonds. The Hall–Kier alpha value is -2.83. The van der Waals surface area contributed by atoms with E-state index in [2.05, 4.69) is 20.2 Å². The quantitative estimate of drug-likeness (QED) is 0.858. The Kier molecular flexibility index (Phi) is 5.55. The lowest BCUT2D eigenvalue weighted by Gasteiger charge is -2.18. The highest BCUT2D eigenvalue weighted by Crippen LogP contribution is 2.23. The Morgan fingerprint density at radius 3 is 2.46 bits per heavy atom. The monoisotopic (exact) mass is 356 g/mol. The third-order valence-corrected chi connectivity index (χ3v) is 4.32. The molecule has 7 nitrogen and oxygen atoms in total. The van der Waals surface area contributed by atoms with Crippen LogP contribution in [0, 0.1) is 13.8 Å². The van der Waals surface area contributed by atoms with Gasteiger partial charge in [-0.2, -0.15) is 0 Å². The molecule has 1 aromatic heterocycles. The Morgan fingerprint density at radius 2 is 1.81 bits per heavy atom. The molecule has 0 spiro atoms. The van der Waals surface area contributed by atoms with Crippen molar-refractivity contribution in [2.45, 2.75) is 26.7 Å². The first-order valence-electron chi connectivity index (χ1n) is 8.73. The molecule has 1 fully saturated rings. The molecule has 0 aliphatic carbocycles. The maximum atomic E-state index is 12.3. The van der Waals surface area contributed by atoms with Gasteiger partial charge in [0.05, 0.1) is 24.2 Å². The number of methoxy groups -OCH3 is 1. The van der Waals surface area contributed by atoms with Crippen molar-refractivity contribution in [1.82, 2.24) is 9.97 Å². The molecule has 138 valence electrons. The van der Waals surface area contributed by atoms with Gasteiger partial charge >= 0.3 is 0 Å². The molecule has 7 heteroatoms. The lowest BCUT2D eigenvalue weighted by molar-refractivity contribution is -0.118. The predicted octanol–water partition coefficient (Wildman–Crippen LogP) is 2.72. The average molecular weight is 356 g/mol. The molecule has 1 aliphatic heterocycles. The molecule has 0 bridgehead atoms. The second-order valence-corrected chi connectivity index (χ2v) is 6.28. The molecule has 1 saturated heterocycles. The minimum atomic E-state index is -0.253. The van der Waals surface area contributed by atoms with Crippen LogP contribution < -0.4 is 19.7 Å². The highest BCUT2D eigenvalue weighted by Gasteiger charge is 2.18. The van der Waals surface area contributed by atoms with Gasteiger partial charge in [-0.3, -0.25) is 4.79 Å². The Labute approximate surface area is 153 Å². The van der Waals surface area contributed by atoms with E-state index in [-0.39, 0.29) is 12.5 Å². The molecule has 2 heterocycles. The zero-order valence-electron chi connectivity index (χ0n) is 15.4. The van der Waals surface area contributed by atoms with Gasteiger partial charge in [-0.05, 0) is 38.8 Å². The number of ether oxygens (including phenoxy) is 2. The van der Waals surface area contributed by atoms with E-state index in [1.165, 1.54) is 12.8 Å². The van der Waals surface area contributed by atoms with E-state index in [0.717, 1.165) is 30.4 Å². The number of carbonyl (C=O) groups excluding carboxylic acids is 1. The number of aryl methyl sites for hydroxylation is 2. The zero-order valence-corrected chi connectivity index (χ0v) is 15.4. The van der Waals surface area contributed by atoms with Crippen LogP contribution >= 0.6 is 0 Å². The smallest absolute Gasteiger partial charge is 0.262 e. The van der Waals surface area contributed by atoms with Crippen molar-refractivity contribution < 1.29 is 14.3 Å². The van der Waals surface area contributed by atoms with Gasteiger partial charge in [0.1, 0.15) is 11.5 Å². The molecular weight excluding hydrogens is 332 g/mol. The summed E-state index contributed by atoms with van der Waals surface area (Å²) in [6.45, 7) is 5.64. The normalized spacial score (nSPS) is 13.6. The standard InChI is InChI=1S/C19H24N4O3/c1-13-18(14(2)21-19(20-13)23-9-4-5-10-23)22-17(24)12-26-16-8-6-7-15(11-16)25-3/h6-8,11H,4-5,9-10,12H2,1-3H3,(H,22,24). The number of aromatic nitrogens is 2. The zero-order chi connectivity index (χ0) is 18.5. The molecule has 0 unspecified atom stereocenters. The second kappa shape index (κ2) is 8.03. The average Bonchev–Trinajstić information content (AvgIpc) is 3.18. The number of benzene rings is 1. The maximum absolute atomic E-state index is 12.3. The Bertz CT molecular complexity index is 765. The van der Waals surface area contributed by atoms with Crippen molar-refractivity contribution in [3.05, 3.63) is 35.7 Å². The summed E-state index contributed by atoms with van der Waals surface area (Å²) in [7, 11) is 1.59. The second-order valence-electron chi connectivity index (χ2n) is 6.28. The summed E-state index contributed by atoms with van der Waals surface area (Å²) in [5, 5.41) is 2.86. The van der Waals surface area contributed by atoms with Crippen LogP contribution in [0.1, 0.15) is 24.2 Å². The first kappa shape index (κ1) is 18.0. The molecule has 0 atom stereocenters. The van der Waals surface area contributed by atoms with Crippen molar-refractivity contribution in [1.29, 1.82) is 0 Å². The Balaban J connectivity index is 1.63. The van der Waals surface area contributed by atoms with E-state index < -0.39 is 0 Å². The summed E-state index contributed by atoms with van der Waals surface area (Å²) < 4.78 is 10.7. The van der Waals surface area contributed by atoms with Gasteiger partial charge in [0, 0.05) is 19.2 Å². The summed E-state index contributed by atoms with van der Waals surface area (Å²) in [4.78, 5) is 23.5. The first-order chi connectivity index (χ1) is 12.6. The number of amides is 1. The number of nitrogens with one attached hydrogen (secondary N) is 1. The fraction of sp³-hybridized carbons (Fsp3) is 0.421. The van der Waals surface area contributed by atoms with Crippen molar-refractivity contribution in [3.63, 3.8) is 0 Å². The molecule has 1 N–H and O–H groups in total. The van der Waals surface area contributed by atoms with Gasteiger partial charge in [-0.15, -0.1) is 0 Å². The summed E-state index contributed by atoms with van der Waals surface area (Å²) in [5.74, 6) is 1.74. The number of rotatable bonds is 6. The number of carbonyl (C=O) groups is 1. The SMILES string of the molecule is COc1cccc(OCC(=O)Nc2c(C)nc(N3CCCC3)nc2C)c1. The number of nitrogens with zero attached hydrogens (tertiary/aromatic N) is 3. The minimum absolute atomic E-state index is 0.0973. The summed E-state index contributed by atoms with van der Waals surface area (Å²) >= 11 is 0. The van der Waals surface area contributed by atoms with Crippen LogP contribution in [0.2, 0.25) is 0 Å². The fourth-order valence-corrected chi connectivity index (χ4v) is 2.95. The van der Waals surface area contributed by atoms with Gasteiger partial charge in [-0.25, -0.2) is 9.97 Å². The fourth-order valence-electron chi connectivity index (χ4n) is 2.95. The molecule has 1 aliphatic rings. The first-order valence-corrected chi connectivity index (χ1v) is 8.73. The molecule has 2 aromatic rings. The van der Waals surface area contributed by atoms with Crippen LogP contribution in [-0.2, 0) is 4.79 Å². The van der Waals surface area contributed by atoms with Gasteiger partial charge in [0.15, 0.2) is 6.61 Å². The maximum Gasteiger partial charge on any atom is 0.262 e. The molecule has 3 rings (SSSR count). The van der Waals surface area contributed by atoms with E-state index in [4.69, 9.17) is 9.47 Å². The van der Waals surface area contributed by atoms with Crippen LogP contribution in [-0.4, -0.2) is 42.7 Å². The third kappa shape index (κ3) is 4.22. The van der Waals surface area contributed by atoms with Crippen LogP contribution in [0.4, 0.5) is 11.6 Å². The van der Waals surface area contributed by atoms with E-state index >= 15 is 0 Å². The molecular formula is C19H24N4O3. The van der Waals surface area contributed by atoms with Crippen LogP contribution in [0.5, 0.6) is 11.5 Å². The molecule has 26 heavy (non-hydrogen) atoms. The summed E-state index contributed by atoms with van der Waals surface area (Å²) in [6.07, 6.45) is 2.34. The van der Waals surface area contributed by atoms with E-state index in [9.17, 15) is 4.79 Å². The highest BCUT2D eigenvalue weighted by atomic mass is 16.5.